The lowest BCUT2D eigenvalue weighted by Gasteiger charge is -2.33. The quantitative estimate of drug-likeness (QED) is 0.166. The van der Waals surface area contributed by atoms with Crippen molar-refractivity contribution in [3.05, 3.63) is 54.5 Å². The number of nitrogen functional groups attached to an aromatic ring is 1. The Morgan fingerprint density at radius 3 is 2.64 bits per heavy atom. The number of hydrogen-bond acceptors (Lipinski definition) is 12. The highest BCUT2D eigenvalue weighted by molar-refractivity contribution is 7.52. The first-order chi connectivity index (χ1) is 21.7. The van der Waals surface area contributed by atoms with Gasteiger partial charge < -0.3 is 29.9 Å². The summed E-state index contributed by atoms with van der Waals surface area (Å²) in [6, 6.07) is 12.4. The highest BCUT2D eigenvalue weighted by atomic mass is 31.2. The normalized spacial score (nSPS) is 27.4. The van der Waals surface area contributed by atoms with E-state index in [0.717, 1.165) is 44.9 Å². The first kappa shape index (κ1) is 31.4. The zero-order chi connectivity index (χ0) is 31.6. The number of aliphatic hydroxyl groups excluding tert-OH is 2. The third-order valence-electron chi connectivity index (χ3n) is 8.69. The molecule has 0 spiro atoms. The van der Waals surface area contributed by atoms with Crippen LogP contribution in [-0.2, 0) is 23.4 Å². The second-order valence-corrected chi connectivity index (χ2v) is 13.6. The van der Waals surface area contributed by atoms with Gasteiger partial charge in [-0.05, 0) is 61.8 Å². The van der Waals surface area contributed by atoms with Crippen molar-refractivity contribution in [3.63, 3.8) is 0 Å². The summed E-state index contributed by atoms with van der Waals surface area (Å²) < 4.78 is 39.2. The molecule has 2 saturated carbocycles. The zero-order valence-corrected chi connectivity index (χ0v) is 25.5. The van der Waals surface area contributed by atoms with Crippen LogP contribution in [0.5, 0.6) is 5.75 Å². The summed E-state index contributed by atoms with van der Waals surface area (Å²) in [5.41, 5.74) is 4.51. The van der Waals surface area contributed by atoms with Gasteiger partial charge in [-0.1, -0.05) is 37.5 Å². The molecular formula is C30H37N6O8P. The Bertz CT molecular complexity index is 1590. The zero-order valence-electron chi connectivity index (χ0n) is 24.6. The van der Waals surface area contributed by atoms with Crippen LogP contribution in [0.3, 0.4) is 0 Å². The van der Waals surface area contributed by atoms with Gasteiger partial charge in [0.2, 0.25) is 5.60 Å². The molecule has 0 amide bonds. The van der Waals surface area contributed by atoms with Gasteiger partial charge in [-0.25, -0.2) is 14.1 Å². The van der Waals surface area contributed by atoms with E-state index in [0.29, 0.717) is 17.1 Å². The summed E-state index contributed by atoms with van der Waals surface area (Å²) in [4.78, 5) is 17.3. The van der Waals surface area contributed by atoms with Gasteiger partial charge >= 0.3 is 13.7 Å². The maximum atomic E-state index is 14.5. The number of para-hydroxylation sites is 1. The van der Waals surface area contributed by atoms with Crippen molar-refractivity contribution in [2.45, 2.75) is 74.9 Å². The molecule has 14 nitrogen and oxygen atoms in total. The maximum Gasteiger partial charge on any atom is 0.459 e. The lowest BCUT2D eigenvalue weighted by Crippen LogP contribution is -2.47. The van der Waals surface area contributed by atoms with E-state index < -0.39 is 50.3 Å². The molecule has 45 heavy (non-hydrogen) atoms. The van der Waals surface area contributed by atoms with Crippen LogP contribution >= 0.6 is 7.75 Å². The number of nitrogens with zero attached hydrogens (tertiary/aromatic N) is 4. The number of carbonyl (C=O) groups excluding carboxylic acids is 1. The molecule has 6 atom stereocenters. The van der Waals surface area contributed by atoms with Crippen LogP contribution in [0.25, 0.3) is 5.52 Å². The molecule has 3 fully saturated rings. The predicted molar refractivity (Wildman–Crippen MR) is 159 cm³/mol. The molecule has 3 aliphatic rings. The second kappa shape index (κ2) is 13.0. The number of nitriles is 1. The van der Waals surface area contributed by atoms with Gasteiger partial charge in [0.15, 0.2) is 5.82 Å². The van der Waals surface area contributed by atoms with E-state index in [2.05, 4.69) is 15.2 Å². The number of benzene rings is 1. The minimum atomic E-state index is -4.45. The molecule has 5 N–H and O–H groups in total. The Hall–Kier alpha value is -3.57. The van der Waals surface area contributed by atoms with Gasteiger partial charge in [-0.15, -0.1) is 0 Å². The van der Waals surface area contributed by atoms with Gasteiger partial charge in [0.05, 0.1) is 12.3 Å². The molecule has 3 aromatic rings. The average Bonchev–Trinajstić information content (AvgIpc) is 3.74. The van der Waals surface area contributed by atoms with Crippen molar-refractivity contribution in [2.24, 2.45) is 11.8 Å². The first-order valence-electron chi connectivity index (χ1n) is 15.2. The Balaban J connectivity index is 1.26. The third kappa shape index (κ3) is 6.70. The van der Waals surface area contributed by atoms with Crippen molar-refractivity contribution < 1.29 is 38.1 Å². The van der Waals surface area contributed by atoms with Gasteiger partial charge in [-0.3, -0.25) is 9.32 Å². The predicted octanol–water partition coefficient (Wildman–Crippen LogP) is 3.06. The number of esters is 1. The summed E-state index contributed by atoms with van der Waals surface area (Å²) in [7, 11) is -4.45. The number of aromatic nitrogens is 3. The first-order valence-corrected chi connectivity index (χ1v) is 16.7. The molecule has 240 valence electrons. The van der Waals surface area contributed by atoms with Crippen LogP contribution in [0, 0.1) is 23.2 Å². The number of anilines is 1. The maximum absolute atomic E-state index is 14.5. The molecular weight excluding hydrogens is 603 g/mol. The summed E-state index contributed by atoms with van der Waals surface area (Å²) in [6.45, 7) is -0.486. The number of carbonyl (C=O) groups is 1. The van der Waals surface area contributed by atoms with Gasteiger partial charge in [-0.2, -0.15) is 15.4 Å². The van der Waals surface area contributed by atoms with Gasteiger partial charge in [0, 0.05) is 0 Å². The summed E-state index contributed by atoms with van der Waals surface area (Å²) in [5.74, 6) is -0.00847. The number of ether oxygens (including phenoxy) is 2. The minimum Gasteiger partial charge on any atom is -0.464 e. The average molecular weight is 641 g/mol. The van der Waals surface area contributed by atoms with Crippen LogP contribution in [0.1, 0.15) is 56.7 Å². The number of nitrogens with two attached hydrogens (primary N) is 1. The molecule has 0 radical (unpaired) electrons. The number of nitrogens with one attached hydrogen (secondary N) is 1. The third-order valence-corrected chi connectivity index (χ3v) is 10.2. The Labute approximate surface area is 260 Å². The fraction of sp³-hybridized carbons (Fsp3) is 0.533. The van der Waals surface area contributed by atoms with Crippen LogP contribution in [0.2, 0.25) is 0 Å². The summed E-state index contributed by atoms with van der Waals surface area (Å²) in [5, 5.41) is 39.4. The Morgan fingerprint density at radius 2 is 1.93 bits per heavy atom. The van der Waals surface area contributed by atoms with Crippen LogP contribution < -0.4 is 15.3 Å². The number of fused-ring (bicyclic) bond motifs is 1. The highest BCUT2D eigenvalue weighted by Crippen LogP contribution is 2.49. The van der Waals surface area contributed by atoms with E-state index in [9.17, 15) is 24.8 Å². The largest absolute Gasteiger partial charge is 0.464 e. The molecule has 0 bridgehead atoms. The van der Waals surface area contributed by atoms with E-state index >= 15 is 0 Å². The van der Waals surface area contributed by atoms with Crippen LogP contribution in [0.15, 0.2) is 48.8 Å². The van der Waals surface area contributed by atoms with Crippen molar-refractivity contribution in [1.82, 2.24) is 19.7 Å². The lowest BCUT2D eigenvalue weighted by molar-refractivity contribution is -0.148. The monoisotopic (exact) mass is 640 g/mol. The SMILES string of the molecule is N#C[C@]1(COP(=O)(NC(C(=O)OCC2CC2)C2CCCCC2)Oc2ccccc2)O[C@@H](c2ccc3c(N)ncnn23)[C@H](O)[C@@H]1O. The molecule has 1 aliphatic heterocycles. The molecule has 2 unspecified atom stereocenters. The molecule has 2 aromatic heterocycles. The van der Waals surface area contributed by atoms with Crippen molar-refractivity contribution >= 4 is 25.1 Å². The molecule has 15 heteroatoms. The Kier molecular flexibility index (Phi) is 9.10. The lowest BCUT2D eigenvalue weighted by atomic mass is 9.84. The van der Waals surface area contributed by atoms with Gasteiger partial charge in [0.1, 0.15) is 54.6 Å². The minimum absolute atomic E-state index is 0.178. The smallest absolute Gasteiger partial charge is 0.459 e. The van der Waals surface area contributed by atoms with E-state index in [1.165, 1.54) is 10.8 Å². The molecule has 2 aliphatic carbocycles. The van der Waals surface area contributed by atoms with E-state index in [1.807, 2.05) is 6.07 Å². The van der Waals surface area contributed by atoms with Crippen molar-refractivity contribution in [1.29, 1.82) is 5.26 Å². The Morgan fingerprint density at radius 1 is 1.18 bits per heavy atom. The number of hydrogen-bond donors (Lipinski definition) is 4. The topological polar surface area (TPSA) is 204 Å². The molecule has 1 aromatic carbocycles. The standard InChI is InChI=1S/C30H37N6O8P/c31-16-30(27(38)25(37)26(43-30)22-13-14-23-28(32)33-18-34-36(22)23)17-42-45(40,44-21-9-5-2-6-10-21)35-24(20-7-3-1-4-8-20)29(39)41-15-19-11-12-19/h2,5-6,9-10,13-14,18-20,24-27,37-38H,1,3-4,7-8,11-12,15,17H2,(H,35,40)(H2,32,33,34)/t24?,25-,26-,27-,30+,45?/m0/s1. The molecule has 1 saturated heterocycles. The van der Waals surface area contributed by atoms with Gasteiger partial charge in [0.25, 0.3) is 0 Å². The van der Waals surface area contributed by atoms with Crippen LogP contribution in [-0.4, -0.2) is 67.8 Å². The van der Waals surface area contributed by atoms with Crippen molar-refractivity contribution in [2.75, 3.05) is 18.9 Å². The van der Waals surface area contributed by atoms with E-state index in [-0.39, 0.29) is 24.1 Å². The fourth-order valence-corrected chi connectivity index (χ4v) is 7.53. The fourth-order valence-electron chi connectivity index (χ4n) is 5.93. The van der Waals surface area contributed by atoms with E-state index in [1.54, 1.807) is 42.5 Å². The molecule has 6 rings (SSSR count). The van der Waals surface area contributed by atoms with Crippen LogP contribution in [0.4, 0.5) is 5.82 Å². The highest BCUT2D eigenvalue weighted by Gasteiger charge is 2.57. The molecule has 3 heterocycles. The number of aliphatic hydroxyl groups is 2. The summed E-state index contributed by atoms with van der Waals surface area (Å²) >= 11 is 0. The van der Waals surface area contributed by atoms with E-state index in [4.69, 9.17) is 24.3 Å². The summed E-state index contributed by atoms with van der Waals surface area (Å²) in [6.07, 6.45) is 2.93. The second-order valence-electron chi connectivity index (χ2n) is 11.9. The van der Waals surface area contributed by atoms with Crippen molar-refractivity contribution in [3.8, 4) is 11.8 Å². The number of rotatable bonds is 12.